The van der Waals surface area contributed by atoms with Gasteiger partial charge in [0, 0.05) is 16.8 Å². The van der Waals surface area contributed by atoms with Crippen LogP contribution in [0.3, 0.4) is 0 Å². The average molecular weight is 614 g/mol. The monoisotopic (exact) mass is 613 g/mol. The Labute approximate surface area is 275 Å². The minimum Gasteiger partial charge on any atom is -0.310 e. The maximum atomic E-state index is 2.49. The number of benzene rings is 6. The molecule has 228 valence electrons. The average Bonchev–Trinajstić information content (AvgIpc) is 3.29. The van der Waals surface area contributed by atoms with Gasteiger partial charge < -0.3 is 4.90 Å². The molecule has 2 heteroatoms. The van der Waals surface area contributed by atoms with E-state index in [1.165, 1.54) is 79.2 Å². The van der Waals surface area contributed by atoms with Crippen molar-refractivity contribution in [2.75, 3.05) is 4.90 Å². The summed E-state index contributed by atoms with van der Waals surface area (Å²) in [6.45, 7) is 14.6. The van der Waals surface area contributed by atoms with E-state index in [0.29, 0.717) is 0 Å². The fraction of sp³-hybridized carbons (Fsp3) is 0.227. The molecule has 0 aromatic heterocycles. The Morgan fingerprint density at radius 3 is 2.02 bits per heavy atom. The zero-order chi connectivity index (χ0) is 31.8. The van der Waals surface area contributed by atoms with E-state index in [2.05, 4.69) is 173 Å². The highest BCUT2D eigenvalue weighted by Gasteiger charge is 2.38. The molecule has 0 radical (unpaired) electrons. The molecule has 0 N–H and O–H groups in total. The van der Waals surface area contributed by atoms with Crippen LogP contribution < -0.4 is 15.3 Å². The van der Waals surface area contributed by atoms with E-state index in [9.17, 15) is 0 Å². The van der Waals surface area contributed by atoms with Crippen LogP contribution in [0.5, 0.6) is 0 Å². The van der Waals surface area contributed by atoms with Crippen LogP contribution in [0.1, 0.15) is 51.7 Å². The molecule has 0 atom stereocenters. The summed E-state index contributed by atoms with van der Waals surface area (Å²) in [5, 5.41) is 5.58. The van der Waals surface area contributed by atoms with Gasteiger partial charge in [0.25, 0.3) is 0 Å². The van der Waals surface area contributed by atoms with E-state index < -0.39 is 8.07 Å². The van der Waals surface area contributed by atoms with Crippen molar-refractivity contribution in [3.63, 3.8) is 0 Å². The third-order valence-corrected chi connectivity index (χ3v) is 14.7. The summed E-state index contributed by atoms with van der Waals surface area (Å²) < 4.78 is 0. The standard InChI is InChI=1S/C44H43NSi/c1-43(2)25-26-44(3,4)39-28-32(21-23-38(39)43)31-15-11-16-33(27-31)45(40-19-12-14-30-13-7-8-17-35(30)40)34-22-24-42-37(29-34)36-18-9-10-20-41(36)46(42,5)6/h7-24,27-29H,25-26H2,1-6H3. The van der Waals surface area contributed by atoms with Crippen molar-refractivity contribution >= 4 is 46.3 Å². The van der Waals surface area contributed by atoms with E-state index in [4.69, 9.17) is 0 Å². The molecule has 0 saturated heterocycles. The summed E-state index contributed by atoms with van der Waals surface area (Å²) in [6.07, 6.45) is 2.44. The second-order valence-corrected chi connectivity index (χ2v) is 19.6. The van der Waals surface area contributed by atoms with E-state index in [1.807, 2.05) is 0 Å². The van der Waals surface area contributed by atoms with Crippen LogP contribution >= 0.6 is 0 Å². The number of fused-ring (bicyclic) bond motifs is 5. The summed E-state index contributed by atoms with van der Waals surface area (Å²) in [6, 6.07) is 48.2. The van der Waals surface area contributed by atoms with Crippen molar-refractivity contribution in [1.29, 1.82) is 0 Å². The predicted octanol–water partition coefficient (Wildman–Crippen LogP) is 11.1. The molecule has 8 rings (SSSR count). The minimum absolute atomic E-state index is 0.172. The molecule has 2 aliphatic rings. The fourth-order valence-corrected chi connectivity index (χ4v) is 11.3. The summed E-state index contributed by atoms with van der Waals surface area (Å²) in [5.41, 5.74) is 12.3. The van der Waals surface area contributed by atoms with Crippen LogP contribution in [0.2, 0.25) is 13.1 Å². The van der Waals surface area contributed by atoms with Gasteiger partial charge in [-0.05, 0) is 103 Å². The van der Waals surface area contributed by atoms with Crippen molar-refractivity contribution in [3.05, 3.63) is 139 Å². The first kappa shape index (κ1) is 29.0. The lowest BCUT2D eigenvalue weighted by atomic mass is 9.63. The molecule has 0 unspecified atom stereocenters. The van der Waals surface area contributed by atoms with Crippen molar-refractivity contribution in [2.45, 2.75) is 64.5 Å². The SMILES string of the molecule is CC1(C)CCC(C)(C)c2cc(-c3cccc(N(c4ccc5c(c4)-c4ccccc4[Si]5(C)C)c4cccc5ccccc45)c3)ccc21. The Morgan fingerprint density at radius 2 is 1.17 bits per heavy atom. The van der Waals surface area contributed by atoms with Crippen LogP contribution in [0.25, 0.3) is 33.0 Å². The summed E-state index contributed by atoms with van der Waals surface area (Å²) in [5.74, 6) is 0. The zero-order valence-electron chi connectivity index (χ0n) is 28.0. The molecule has 0 fully saturated rings. The van der Waals surface area contributed by atoms with Crippen LogP contribution in [0.15, 0.2) is 127 Å². The van der Waals surface area contributed by atoms with Gasteiger partial charge in [-0.25, -0.2) is 0 Å². The van der Waals surface area contributed by atoms with E-state index in [0.717, 1.165) is 0 Å². The first-order valence-corrected chi connectivity index (χ1v) is 19.8. The Hall–Kier alpha value is -4.40. The van der Waals surface area contributed by atoms with E-state index >= 15 is 0 Å². The molecule has 0 amide bonds. The lowest BCUT2D eigenvalue weighted by Gasteiger charge is -2.42. The number of nitrogens with zero attached hydrogens (tertiary/aromatic N) is 1. The van der Waals surface area contributed by atoms with Crippen LogP contribution in [0.4, 0.5) is 17.1 Å². The predicted molar refractivity (Wildman–Crippen MR) is 202 cm³/mol. The topological polar surface area (TPSA) is 3.24 Å². The number of hydrogen-bond donors (Lipinski definition) is 0. The molecule has 1 heterocycles. The molecule has 6 aromatic carbocycles. The van der Waals surface area contributed by atoms with Gasteiger partial charge in [0.1, 0.15) is 8.07 Å². The fourth-order valence-electron chi connectivity index (χ4n) is 8.27. The van der Waals surface area contributed by atoms with Gasteiger partial charge in [-0.15, -0.1) is 0 Å². The number of hydrogen-bond acceptors (Lipinski definition) is 1. The lowest BCUT2D eigenvalue weighted by Crippen LogP contribution is -2.49. The summed E-state index contributed by atoms with van der Waals surface area (Å²) in [7, 11) is -1.75. The zero-order valence-corrected chi connectivity index (χ0v) is 29.0. The number of rotatable bonds is 4. The minimum atomic E-state index is -1.75. The second kappa shape index (κ2) is 10.3. The van der Waals surface area contributed by atoms with Gasteiger partial charge in [-0.3, -0.25) is 0 Å². The molecule has 1 aliphatic heterocycles. The largest absolute Gasteiger partial charge is 0.310 e. The van der Waals surface area contributed by atoms with Crippen LogP contribution in [0, 0.1) is 0 Å². The molecule has 0 bridgehead atoms. The van der Waals surface area contributed by atoms with Gasteiger partial charge in [-0.1, -0.05) is 138 Å². The highest BCUT2D eigenvalue weighted by molar-refractivity contribution is 7.03. The smallest absolute Gasteiger partial charge is 0.113 e. The van der Waals surface area contributed by atoms with Gasteiger partial charge in [0.15, 0.2) is 0 Å². The Bertz CT molecular complexity index is 2140. The van der Waals surface area contributed by atoms with Crippen molar-refractivity contribution in [2.24, 2.45) is 0 Å². The van der Waals surface area contributed by atoms with Gasteiger partial charge in [-0.2, -0.15) is 0 Å². The molecule has 0 saturated carbocycles. The van der Waals surface area contributed by atoms with E-state index in [1.54, 1.807) is 5.19 Å². The molecule has 6 aromatic rings. The Kier molecular flexibility index (Phi) is 6.50. The third kappa shape index (κ3) is 4.49. The van der Waals surface area contributed by atoms with Crippen molar-refractivity contribution < 1.29 is 0 Å². The lowest BCUT2D eigenvalue weighted by molar-refractivity contribution is 0.332. The summed E-state index contributed by atoms with van der Waals surface area (Å²) in [4.78, 5) is 2.48. The molecular formula is C44H43NSi. The van der Waals surface area contributed by atoms with Crippen molar-refractivity contribution in [3.8, 4) is 22.3 Å². The maximum absolute atomic E-state index is 2.49. The summed E-state index contributed by atoms with van der Waals surface area (Å²) >= 11 is 0. The molecule has 1 nitrogen and oxygen atoms in total. The maximum Gasteiger partial charge on any atom is 0.113 e. The highest BCUT2D eigenvalue weighted by atomic mass is 28.3. The van der Waals surface area contributed by atoms with Crippen molar-refractivity contribution in [1.82, 2.24) is 0 Å². The van der Waals surface area contributed by atoms with Gasteiger partial charge >= 0.3 is 0 Å². The molecular weight excluding hydrogens is 571 g/mol. The van der Waals surface area contributed by atoms with Gasteiger partial charge in [0.2, 0.25) is 0 Å². The van der Waals surface area contributed by atoms with Crippen LogP contribution in [-0.4, -0.2) is 8.07 Å². The van der Waals surface area contributed by atoms with Crippen LogP contribution in [-0.2, 0) is 10.8 Å². The first-order valence-electron chi connectivity index (χ1n) is 16.8. The Balaban J connectivity index is 1.32. The normalized spacial score (nSPS) is 16.8. The molecule has 1 aliphatic carbocycles. The quantitative estimate of drug-likeness (QED) is 0.179. The Morgan fingerprint density at radius 1 is 0.522 bits per heavy atom. The second-order valence-electron chi connectivity index (χ2n) is 15.3. The first-order chi connectivity index (χ1) is 22.0. The highest BCUT2D eigenvalue weighted by Crippen LogP contribution is 2.47. The van der Waals surface area contributed by atoms with E-state index in [-0.39, 0.29) is 10.8 Å². The number of anilines is 3. The third-order valence-electron chi connectivity index (χ3n) is 11.1. The molecule has 46 heavy (non-hydrogen) atoms. The van der Waals surface area contributed by atoms with Gasteiger partial charge in [0.05, 0.1) is 5.69 Å². The molecule has 0 spiro atoms.